The van der Waals surface area contributed by atoms with Crippen LogP contribution in [-0.4, -0.2) is 12.5 Å². The van der Waals surface area contributed by atoms with E-state index in [1.807, 2.05) is 0 Å². The Morgan fingerprint density at radius 2 is 2.24 bits per heavy atom. The molecule has 3 rings (SSSR count). The third-order valence-corrected chi connectivity index (χ3v) is 3.15. The van der Waals surface area contributed by atoms with Gasteiger partial charge < -0.3 is 10.1 Å². The lowest BCUT2D eigenvalue weighted by Gasteiger charge is -2.38. The molecule has 4 heteroatoms. The topological polar surface area (TPSA) is 33.6 Å². The minimum Gasteiger partial charge on any atom is -0.449 e. The lowest BCUT2D eigenvalue weighted by atomic mass is 9.86. The van der Waals surface area contributed by atoms with Gasteiger partial charge in [0, 0.05) is 26.9 Å². The van der Waals surface area contributed by atoms with Crippen molar-refractivity contribution in [2.24, 2.45) is 4.99 Å². The number of nitrogens with one attached hydrogen (secondary N) is 1. The van der Waals surface area contributed by atoms with Crippen LogP contribution in [0.2, 0.25) is 5.02 Å². The van der Waals surface area contributed by atoms with E-state index in [1.54, 1.807) is 0 Å². The average Bonchev–Trinajstić information content (AvgIpc) is 2.63. The molecule has 2 aromatic carbocycles. The summed E-state index contributed by atoms with van der Waals surface area (Å²) in [5, 5.41) is 2.80. The fourth-order valence-corrected chi connectivity index (χ4v) is 2.19. The highest BCUT2D eigenvalue weighted by molar-refractivity contribution is 6.30. The minimum atomic E-state index is -3.12. The molecule has 1 N–H and O–H groups in total. The molecule has 1 atom stereocenters. The quantitative estimate of drug-likeness (QED) is 0.890. The third kappa shape index (κ3) is 2.49. The first-order valence-corrected chi connectivity index (χ1v) is 6.41. The third-order valence-electron chi connectivity index (χ3n) is 2.92. The number of hydrogen-bond donors (Lipinski definition) is 1. The Hall–Kier alpha value is -2.00. The van der Waals surface area contributed by atoms with Gasteiger partial charge in [-0.2, -0.15) is 0 Å². The van der Waals surface area contributed by atoms with Crippen LogP contribution in [0, 0.1) is 0 Å². The summed E-state index contributed by atoms with van der Waals surface area (Å²) in [7, 11) is 0. The summed E-state index contributed by atoms with van der Waals surface area (Å²) in [6.07, 6.45) is 0. The number of hydrogen-bond acceptors (Lipinski definition) is 2. The van der Waals surface area contributed by atoms with Gasteiger partial charge in [-0.1, -0.05) is 41.8 Å². The molecule has 1 heterocycles. The van der Waals surface area contributed by atoms with Gasteiger partial charge in [0.25, 0.3) is 6.02 Å². The van der Waals surface area contributed by atoms with Gasteiger partial charge in [-0.15, -0.1) is 0 Å². The first-order chi connectivity index (χ1) is 14.1. The highest BCUT2D eigenvalue weighted by Gasteiger charge is 2.38. The maximum absolute atomic E-state index is 8.35. The average molecular weight is 311 g/mol. The van der Waals surface area contributed by atoms with Crippen LogP contribution in [-0.2, 0) is 10.3 Å². The van der Waals surface area contributed by atoms with E-state index in [4.69, 9.17) is 30.0 Å². The summed E-state index contributed by atoms with van der Waals surface area (Å²) in [6.45, 7) is -4.17. The predicted octanol–water partition coefficient (Wildman–Crippen LogP) is 4.42. The summed E-state index contributed by atoms with van der Waals surface area (Å²) in [4.78, 5) is 3.73. The molecule has 0 bridgehead atoms. The highest BCUT2D eigenvalue weighted by atomic mass is 35.5. The zero-order valence-corrected chi connectivity index (χ0v) is 11.7. The maximum atomic E-state index is 8.35. The van der Waals surface area contributed by atoms with Crippen molar-refractivity contribution in [1.82, 2.24) is 0 Å². The maximum Gasteiger partial charge on any atom is 0.290 e. The number of fused-ring (bicyclic) bond motifs is 1. The molecule has 108 valence electrons. The Balaban J connectivity index is 2.53. The van der Waals surface area contributed by atoms with Crippen molar-refractivity contribution >= 4 is 23.3 Å². The molecule has 1 unspecified atom stereocenters. The van der Waals surface area contributed by atoms with Crippen molar-refractivity contribution in [2.45, 2.75) is 19.4 Å². The molecule has 2 aromatic rings. The van der Waals surface area contributed by atoms with Gasteiger partial charge in [-0.25, -0.2) is 4.99 Å². The standard InChI is InChI=1S/C17H17ClN2O/c1-3-19-16-20-15-10-9-13(18)11-14(15)17(2,21-16)12-7-5-4-6-8-12/h4-11H,3H2,1-2H3,(H,19,20)/i2D3,3D2,4D,5D,6D,7D,8D. The Morgan fingerprint density at radius 1 is 1.43 bits per heavy atom. The summed E-state index contributed by atoms with van der Waals surface area (Å²) in [6, 6.07) is -0.121. The first kappa shape index (κ1) is 6.41. The second-order valence-electron chi connectivity index (χ2n) is 4.24. The van der Waals surface area contributed by atoms with Crippen LogP contribution in [0.15, 0.2) is 53.4 Å². The normalized spacial score (nSPS) is 30.5. The van der Waals surface area contributed by atoms with Gasteiger partial charge in [0.05, 0.1) is 9.60 Å². The minimum absolute atomic E-state index is 0.103. The molecule has 0 aromatic heterocycles. The van der Waals surface area contributed by atoms with E-state index in [2.05, 4.69) is 10.3 Å². The largest absolute Gasteiger partial charge is 0.449 e. The molecule has 0 radical (unpaired) electrons. The molecule has 0 aliphatic carbocycles. The molecule has 0 fully saturated rings. The molecule has 3 nitrogen and oxygen atoms in total. The van der Waals surface area contributed by atoms with Crippen LogP contribution in [0.1, 0.15) is 38.6 Å². The van der Waals surface area contributed by atoms with Crippen LogP contribution >= 0.6 is 11.6 Å². The van der Waals surface area contributed by atoms with Gasteiger partial charge >= 0.3 is 0 Å². The van der Waals surface area contributed by atoms with Crippen LogP contribution in [0.25, 0.3) is 0 Å². The molecular weight excluding hydrogens is 284 g/mol. The Bertz CT molecular complexity index is 1070. The Labute approximate surface area is 143 Å². The number of anilines is 1. The highest BCUT2D eigenvalue weighted by Crippen LogP contribution is 2.41. The van der Waals surface area contributed by atoms with Gasteiger partial charge in [0.2, 0.25) is 0 Å². The van der Waals surface area contributed by atoms with Crippen LogP contribution in [0.5, 0.6) is 0 Å². The van der Waals surface area contributed by atoms with E-state index < -0.39 is 60.7 Å². The molecule has 0 spiro atoms. The van der Waals surface area contributed by atoms with Crippen LogP contribution in [0.4, 0.5) is 5.69 Å². The van der Waals surface area contributed by atoms with E-state index in [1.165, 1.54) is 18.2 Å². The molecular formula is C17H17ClN2O. The second-order valence-corrected chi connectivity index (χ2v) is 4.68. The van der Waals surface area contributed by atoms with Crippen molar-refractivity contribution in [3.05, 3.63) is 64.6 Å². The predicted molar refractivity (Wildman–Crippen MR) is 87.0 cm³/mol. The zero-order valence-electron chi connectivity index (χ0n) is 21.0. The van der Waals surface area contributed by atoms with Crippen molar-refractivity contribution in [2.75, 3.05) is 11.8 Å². The van der Waals surface area contributed by atoms with Gasteiger partial charge in [0.15, 0.2) is 5.60 Å². The number of nitrogens with zero attached hydrogens (tertiary/aromatic N) is 1. The number of aliphatic imine (C=N–C) groups is 1. The lowest BCUT2D eigenvalue weighted by Crippen LogP contribution is -2.39. The van der Waals surface area contributed by atoms with E-state index in [9.17, 15) is 0 Å². The zero-order chi connectivity index (χ0) is 23.5. The molecule has 0 saturated heterocycles. The van der Waals surface area contributed by atoms with Crippen molar-refractivity contribution in [3.8, 4) is 0 Å². The fourth-order valence-electron chi connectivity index (χ4n) is 2.02. The van der Waals surface area contributed by atoms with Gasteiger partial charge in [-0.05, 0) is 37.5 Å². The number of rotatable bonds is 2. The fraction of sp³-hybridized carbons (Fsp3) is 0.235. The lowest BCUT2D eigenvalue weighted by molar-refractivity contribution is 0.112. The SMILES string of the molecule is [2H]c1c([2H])c([2H])c(C2(C([2H])([2H])[2H])OC(=NC([2H])([2H])C)Nc3ccc(Cl)cc32)c([2H])c1[2H]. The van der Waals surface area contributed by atoms with Crippen molar-refractivity contribution in [3.63, 3.8) is 0 Å². The number of halogens is 1. The van der Waals surface area contributed by atoms with Crippen LogP contribution in [0.3, 0.4) is 0 Å². The summed E-state index contributed by atoms with van der Waals surface area (Å²) < 4.78 is 86.4. The molecule has 0 amide bonds. The summed E-state index contributed by atoms with van der Waals surface area (Å²) >= 11 is 6.10. The smallest absolute Gasteiger partial charge is 0.290 e. The van der Waals surface area contributed by atoms with E-state index in [0.29, 0.717) is 0 Å². The van der Waals surface area contributed by atoms with E-state index >= 15 is 0 Å². The number of benzene rings is 2. The molecule has 0 saturated carbocycles. The second kappa shape index (κ2) is 5.41. The molecule has 21 heavy (non-hydrogen) atoms. The van der Waals surface area contributed by atoms with Crippen molar-refractivity contribution in [1.29, 1.82) is 0 Å². The Kier molecular flexibility index (Phi) is 1.65. The van der Waals surface area contributed by atoms with E-state index in [0.717, 1.165) is 6.92 Å². The Morgan fingerprint density at radius 3 is 2.95 bits per heavy atom. The molecule has 1 aliphatic heterocycles. The van der Waals surface area contributed by atoms with Crippen molar-refractivity contribution < 1.29 is 18.4 Å². The summed E-state index contributed by atoms with van der Waals surface area (Å²) in [5.74, 6) is 0. The number of amidine groups is 1. The first-order valence-electron chi connectivity index (χ1n) is 11.0. The van der Waals surface area contributed by atoms with Crippen LogP contribution < -0.4 is 5.32 Å². The van der Waals surface area contributed by atoms with Gasteiger partial charge in [-0.3, -0.25) is 0 Å². The molecule has 1 aliphatic rings. The summed E-state index contributed by atoms with van der Waals surface area (Å²) in [5.41, 5.74) is -3.22. The van der Waals surface area contributed by atoms with E-state index in [-0.39, 0.29) is 16.3 Å². The monoisotopic (exact) mass is 310 g/mol. The number of ether oxygens (including phenoxy) is 1. The van der Waals surface area contributed by atoms with Gasteiger partial charge in [0.1, 0.15) is 0 Å².